The van der Waals surface area contributed by atoms with Gasteiger partial charge in [0.05, 0.1) is 13.2 Å². The minimum Gasteiger partial charge on any atom is -0.465 e. The fourth-order valence-electron chi connectivity index (χ4n) is 0.994. The lowest BCUT2D eigenvalue weighted by atomic mass is 10.2. The molecule has 0 aromatic carbocycles. The Labute approximate surface area is 112 Å². The first-order chi connectivity index (χ1) is 7.52. The van der Waals surface area contributed by atoms with E-state index in [9.17, 15) is 9.59 Å². The van der Waals surface area contributed by atoms with E-state index in [4.69, 9.17) is 9.47 Å². The first-order valence-corrected chi connectivity index (χ1v) is 6.97. The zero-order valence-electron chi connectivity index (χ0n) is 9.37. The summed E-state index contributed by atoms with van der Waals surface area (Å²) in [4.78, 5) is 21.8. The molecule has 0 bridgehead atoms. The molecule has 0 fully saturated rings. The van der Waals surface area contributed by atoms with Crippen molar-refractivity contribution in [2.45, 2.75) is 36.3 Å². The Bertz CT molecular complexity index is 209. The van der Waals surface area contributed by atoms with Crippen LogP contribution in [0, 0.1) is 0 Å². The highest BCUT2D eigenvalue weighted by atomic mass is 79.9. The molecule has 0 aromatic heterocycles. The summed E-state index contributed by atoms with van der Waals surface area (Å²) >= 11 is 6.43. The van der Waals surface area contributed by atoms with E-state index in [0.717, 1.165) is 0 Å². The summed E-state index contributed by atoms with van der Waals surface area (Å²) in [6.07, 6.45) is 1.04. The Morgan fingerprint density at radius 3 is 1.50 bits per heavy atom. The predicted octanol–water partition coefficient (Wildman–Crippen LogP) is 2.42. The van der Waals surface area contributed by atoms with Crippen LogP contribution in [0.15, 0.2) is 0 Å². The SMILES string of the molecule is CCOC(=O)[C@H](Br)CC[C@@H](Br)C(=O)OCC. The van der Waals surface area contributed by atoms with Crippen LogP contribution in [0.1, 0.15) is 26.7 Å². The van der Waals surface area contributed by atoms with Crippen LogP contribution in [-0.2, 0) is 19.1 Å². The van der Waals surface area contributed by atoms with Crippen LogP contribution in [0.5, 0.6) is 0 Å². The molecule has 0 rings (SSSR count). The number of hydrogen-bond acceptors (Lipinski definition) is 4. The first kappa shape index (κ1) is 15.9. The highest BCUT2D eigenvalue weighted by Crippen LogP contribution is 2.17. The van der Waals surface area contributed by atoms with Gasteiger partial charge in [-0.1, -0.05) is 31.9 Å². The molecule has 6 heteroatoms. The van der Waals surface area contributed by atoms with Crippen LogP contribution in [0.25, 0.3) is 0 Å². The van der Waals surface area contributed by atoms with E-state index in [2.05, 4.69) is 31.9 Å². The number of halogens is 2. The number of carbonyl (C=O) groups is 2. The van der Waals surface area contributed by atoms with Crippen LogP contribution in [-0.4, -0.2) is 34.8 Å². The van der Waals surface area contributed by atoms with Crippen LogP contribution >= 0.6 is 31.9 Å². The topological polar surface area (TPSA) is 52.6 Å². The van der Waals surface area contributed by atoms with E-state index in [1.807, 2.05) is 0 Å². The zero-order chi connectivity index (χ0) is 12.6. The Kier molecular flexibility index (Phi) is 8.93. The maximum Gasteiger partial charge on any atom is 0.319 e. The summed E-state index contributed by atoms with van der Waals surface area (Å²) in [5.74, 6) is -0.600. The number of hydrogen-bond donors (Lipinski definition) is 0. The average Bonchev–Trinajstić information content (AvgIpc) is 2.25. The Morgan fingerprint density at radius 2 is 1.25 bits per heavy atom. The third kappa shape index (κ3) is 6.48. The number of rotatable bonds is 7. The quantitative estimate of drug-likeness (QED) is 0.517. The second-order valence-corrected chi connectivity index (χ2v) is 5.23. The number of alkyl halides is 2. The zero-order valence-corrected chi connectivity index (χ0v) is 12.5. The van der Waals surface area contributed by atoms with Gasteiger partial charge >= 0.3 is 11.9 Å². The minimum absolute atomic E-state index is 0.300. The Hall–Kier alpha value is -0.100. The second kappa shape index (κ2) is 8.98. The molecule has 16 heavy (non-hydrogen) atoms. The molecule has 94 valence electrons. The van der Waals surface area contributed by atoms with Gasteiger partial charge < -0.3 is 9.47 Å². The molecule has 0 N–H and O–H groups in total. The Balaban J connectivity index is 3.86. The molecular weight excluding hydrogens is 344 g/mol. The third-order valence-corrected chi connectivity index (χ3v) is 3.42. The van der Waals surface area contributed by atoms with Gasteiger partial charge in [-0.25, -0.2) is 0 Å². The van der Waals surface area contributed by atoms with Gasteiger partial charge in [-0.15, -0.1) is 0 Å². The molecule has 0 radical (unpaired) electrons. The summed E-state index contributed by atoms with van der Waals surface area (Å²) in [6, 6.07) is 0. The lowest BCUT2D eigenvalue weighted by molar-refractivity contribution is -0.144. The van der Waals surface area contributed by atoms with E-state index in [-0.39, 0.29) is 21.6 Å². The monoisotopic (exact) mass is 358 g/mol. The van der Waals surface area contributed by atoms with Crippen molar-refractivity contribution < 1.29 is 19.1 Å². The normalized spacial score (nSPS) is 14.0. The summed E-state index contributed by atoms with van der Waals surface area (Å²) in [5.41, 5.74) is 0. The molecule has 0 aliphatic rings. The first-order valence-electron chi connectivity index (χ1n) is 5.14. The maximum atomic E-state index is 11.3. The molecule has 0 amide bonds. The van der Waals surface area contributed by atoms with Gasteiger partial charge in [0, 0.05) is 0 Å². The van der Waals surface area contributed by atoms with Crippen molar-refractivity contribution in [2.75, 3.05) is 13.2 Å². The lowest BCUT2D eigenvalue weighted by Gasteiger charge is -2.11. The smallest absolute Gasteiger partial charge is 0.319 e. The van der Waals surface area contributed by atoms with Crippen LogP contribution in [0.3, 0.4) is 0 Å². The van der Waals surface area contributed by atoms with Gasteiger partial charge in [-0.2, -0.15) is 0 Å². The molecule has 0 saturated carbocycles. The van der Waals surface area contributed by atoms with Crippen molar-refractivity contribution in [3.8, 4) is 0 Å². The maximum absolute atomic E-state index is 11.3. The van der Waals surface area contributed by atoms with Crippen molar-refractivity contribution in [1.29, 1.82) is 0 Å². The molecule has 0 aromatic rings. The predicted molar refractivity (Wildman–Crippen MR) is 67.9 cm³/mol. The van der Waals surface area contributed by atoms with Gasteiger partial charge in [0.2, 0.25) is 0 Å². The van der Waals surface area contributed by atoms with E-state index >= 15 is 0 Å². The van der Waals surface area contributed by atoms with Crippen LogP contribution < -0.4 is 0 Å². The standard InChI is InChI=1S/C10H16Br2O4/c1-3-15-9(13)7(11)5-6-8(12)10(14)16-4-2/h7-8H,3-6H2,1-2H3/t7-,8-/m1/s1. The van der Waals surface area contributed by atoms with E-state index in [1.165, 1.54) is 0 Å². The van der Waals surface area contributed by atoms with E-state index in [1.54, 1.807) is 13.8 Å². The average molecular weight is 360 g/mol. The summed E-state index contributed by atoms with van der Waals surface area (Å²) in [6.45, 7) is 4.22. The number of esters is 2. The highest BCUT2D eigenvalue weighted by Gasteiger charge is 2.21. The summed E-state index contributed by atoms with van der Waals surface area (Å²) in [7, 11) is 0. The van der Waals surface area contributed by atoms with Crippen LogP contribution in [0.2, 0.25) is 0 Å². The Morgan fingerprint density at radius 1 is 0.938 bits per heavy atom. The molecule has 0 unspecified atom stereocenters. The van der Waals surface area contributed by atoms with Gasteiger partial charge in [0.25, 0.3) is 0 Å². The number of carbonyl (C=O) groups excluding carboxylic acids is 2. The highest BCUT2D eigenvalue weighted by molar-refractivity contribution is 9.10. The lowest BCUT2D eigenvalue weighted by Crippen LogP contribution is -2.22. The van der Waals surface area contributed by atoms with Gasteiger partial charge in [0.1, 0.15) is 9.65 Å². The van der Waals surface area contributed by atoms with E-state index in [0.29, 0.717) is 26.1 Å². The third-order valence-electron chi connectivity index (χ3n) is 1.76. The minimum atomic E-state index is -0.373. The molecule has 4 nitrogen and oxygen atoms in total. The fraction of sp³-hybridized carbons (Fsp3) is 0.800. The molecule has 2 atom stereocenters. The fourth-order valence-corrected chi connectivity index (χ4v) is 1.79. The van der Waals surface area contributed by atoms with Gasteiger partial charge in [-0.3, -0.25) is 9.59 Å². The molecule has 0 aliphatic carbocycles. The van der Waals surface area contributed by atoms with Gasteiger partial charge in [0.15, 0.2) is 0 Å². The molecular formula is C10H16Br2O4. The molecule has 0 spiro atoms. The van der Waals surface area contributed by atoms with Gasteiger partial charge in [-0.05, 0) is 26.7 Å². The molecule has 0 heterocycles. The van der Waals surface area contributed by atoms with Crippen molar-refractivity contribution in [1.82, 2.24) is 0 Å². The largest absolute Gasteiger partial charge is 0.465 e. The van der Waals surface area contributed by atoms with Crippen molar-refractivity contribution in [3.05, 3.63) is 0 Å². The van der Waals surface area contributed by atoms with Crippen molar-refractivity contribution >= 4 is 43.8 Å². The van der Waals surface area contributed by atoms with Crippen molar-refractivity contribution in [2.24, 2.45) is 0 Å². The second-order valence-electron chi connectivity index (χ2n) is 3.02. The van der Waals surface area contributed by atoms with Crippen molar-refractivity contribution in [3.63, 3.8) is 0 Å². The molecule has 0 aliphatic heterocycles. The summed E-state index contributed by atoms with van der Waals surface area (Å²) in [5, 5.41) is 0. The summed E-state index contributed by atoms with van der Waals surface area (Å²) < 4.78 is 9.65. The van der Waals surface area contributed by atoms with Crippen LogP contribution in [0.4, 0.5) is 0 Å². The molecule has 0 saturated heterocycles. The number of ether oxygens (including phenoxy) is 2. The van der Waals surface area contributed by atoms with E-state index < -0.39 is 0 Å².